The van der Waals surface area contributed by atoms with Crippen molar-refractivity contribution in [3.05, 3.63) is 52.0 Å². The minimum Gasteiger partial charge on any atom is -0.347 e. The van der Waals surface area contributed by atoms with Gasteiger partial charge in [-0.05, 0) is 23.6 Å². The Bertz CT molecular complexity index is 720. The second-order valence-corrected chi connectivity index (χ2v) is 5.78. The lowest BCUT2D eigenvalue weighted by atomic mass is 10.1. The molecule has 1 aromatic heterocycles. The first-order valence-electron chi connectivity index (χ1n) is 6.66. The molecule has 1 aromatic carbocycles. The van der Waals surface area contributed by atoms with Crippen molar-refractivity contribution in [1.29, 1.82) is 0 Å². The van der Waals surface area contributed by atoms with Crippen LogP contribution in [0.3, 0.4) is 0 Å². The molecule has 0 aliphatic heterocycles. The summed E-state index contributed by atoms with van der Waals surface area (Å²) in [5, 5.41) is 6.20. The molecule has 0 unspecified atom stereocenters. The number of thiophene rings is 1. The van der Waals surface area contributed by atoms with Gasteiger partial charge in [-0.3, -0.25) is 9.59 Å². The molecule has 2 amide bonds. The normalized spacial score (nSPS) is 11.8. The van der Waals surface area contributed by atoms with Crippen molar-refractivity contribution in [2.24, 2.45) is 0 Å². The summed E-state index contributed by atoms with van der Waals surface area (Å²) in [7, 11) is 0. The van der Waals surface area contributed by atoms with Crippen LogP contribution in [-0.2, 0) is 9.59 Å². The van der Waals surface area contributed by atoms with E-state index in [1.165, 1.54) is 11.3 Å². The van der Waals surface area contributed by atoms with Gasteiger partial charge in [0.15, 0.2) is 17.5 Å². The first-order valence-corrected chi connectivity index (χ1v) is 7.54. The Labute approximate surface area is 134 Å². The van der Waals surface area contributed by atoms with Gasteiger partial charge in [0, 0.05) is 17.3 Å². The third kappa shape index (κ3) is 4.10. The van der Waals surface area contributed by atoms with Crippen LogP contribution >= 0.6 is 11.3 Å². The molecular formula is C15H13F3N2O2S. The third-order valence-corrected chi connectivity index (χ3v) is 4.19. The highest BCUT2D eigenvalue weighted by Crippen LogP contribution is 2.20. The van der Waals surface area contributed by atoms with E-state index in [1.54, 1.807) is 0 Å². The molecule has 0 aliphatic carbocycles. The van der Waals surface area contributed by atoms with E-state index in [0.717, 1.165) is 10.9 Å². The summed E-state index contributed by atoms with van der Waals surface area (Å²) in [4.78, 5) is 24.4. The van der Waals surface area contributed by atoms with Crippen LogP contribution in [0.5, 0.6) is 0 Å². The summed E-state index contributed by atoms with van der Waals surface area (Å²) in [6, 6.07) is 5.27. The number of nitrogens with one attached hydrogen (secondary N) is 2. The minimum atomic E-state index is -1.71. The number of rotatable bonds is 4. The van der Waals surface area contributed by atoms with Gasteiger partial charge in [-0.25, -0.2) is 13.2 Å². The number of carbonyl (C=O) groups is 2. The maximum Gasteiger partial charge on any atom is 0.313 e. The Hall–Kier alpha value is -2.35. The largest absolute Gasteiger partial charge is 0.347 e. The third-order valence-electron chi connectivity index (χ3n) is 3.09. The first kappa shape index (κ1) is 17.0. The number of halogens is 3. The first-order chi connectivity index (χ1) is 10.9. The number of amides is 2. The summed E-state index contributed by atoms with van der Waals surface area (Å²) in [6.45, 7) is 2.09. The fourth-order valence-electron chi connectivity index (χ4n) is 1.80. The van der Waals surface area contributed by atoms with E-state index in [4.69, 9.17) is 0 Å². The smallest absolute Gasteiger partial charge is 0.313 e. The van der Waals surface area contributed by atoms with Crippen molar-refractivity contribution in [3.63, 3.8) is 0 Å². The van der Waals surface area contributed by atoms with Gasteiger partial charge < -0.3 is 10.6 Å². The Morgan fingerprint density at radius 3 is 2.52 bits per heavy atom. The van der Waals surface area contributed by atoms with Crippen molar-refractivity contribution in [1.82, 2.24) is 5.32 Å². The van der Waals surface area contributed by atoms with Gasteiger partial charge in [-0.2, -0.15) is 0 Å². The van der Waals surface area contributed by atoms with E-state index in [1.807, 2.05) is 29.8 Å². The zero-order valence-corrected chi connectivity index (χ0v) is 12.8. The van der Waals surface area contributed by atoms with Crippen LogP contribution in [0, 0.1) is 17.5 Å². The van der Waals surface area contributed by atoms with Gasteiger partial charge in [-0.1, -0.05) is 13.0 Å². The number of carbonyl (C=O) groups excluding carboxylic acids is 2. The molecule has 0 radical (unpaired) electrons. The molecule has 0 aliphatic rings. The molecule has 23 heavy (non-hydrogen) atoms. The lowest BCUT2D eigenvalue weighted by Crippen LogP contribution is -2.37. The molecule has 2 aromatic rings. The van der Waals surface area contributed by atoms with Gasteiger partial charge in [0.25, 0.3) is 0 Å². The summed E-state index contributed by atoms with van der Waals surface area (Å²) in [5.41, 5.74) is -0.602. The maximum absolute atomic E-state index is 13.4. The molecule has 0 spiro atoms. The zero-order valence-electron chi connectivity index (χ0n) is 12.0. The average molecular weight is 342 g/mol. The molecule has 0 saturated carbocycles. The van der Waals surface area contributed by atoms with Crippen LogP contribution in [0.25, 0.3) is 0 Å². The molecule has 2 rings (SSSR count). The molecule has 0 fully saturated rings. The molecular weight excluding hydrogens is 329 g/mol. The fraction of sp³-hybridized carbons (Fsp3) is 0.200. The molecule has 1 heterocycles. The minimum absolute atomic E-state index is 0.00625. The van der Waals surface area contributed by atoms with Crippen LogP contribution in [0.4, 0.5) is 18.9 Å². The summed E-state index contributed by atoms with van der Waals surface area (Å²) >= 11 is 1.52. The zero-order chi connectivity index (χ0) is 17.0. The number of hydrogen-bond donors (Lipinski definition) is 2. The SMILES string of the molecule is C[C@@H](CNC(=O)C(=O)Nc1ccc(F)c(F)c1F)c1cccs1. The summed E-state index contributed by atoms with van der Waals surface area (Å²) < 4.78 is 39.3. The van der Waals surface area contributed by atoms with Crippen LogP contribution in [-0.4, -0.2) is 18.4 Å². The Kier molecular flexibility index (Phi) is 5.38. The van der Waals surface area contributed by atoms with Gasteiger partial charge in [-0.15, -0.1) is 11.3 Å². The van der Waals surface area contributed by atoms with Crippen molar-refractivity contribution < 1.29 is 22.8 Å². The van der Waals surface area contributed by atoms with E-state index >= 15 is 0 Å². The highest BCUT2D eigenvalue weighted by atomic mass is 32.1. The van der Waals surface area contributed by atoms with E-state index in [0.29, 0.717) is 6.07 Å². The van der Waals surface area contributed by atoms with Gasteiger partial charge in [0.05, 0.1) is 5.69 Å². The molecule has 2 N–H and O–H groups in total. The quantitative estimate of drug-likeness (QED) is 0.663. The van der Waals surface area contributed by atoms with Gasteiger partial charge >= 0.3 is 11.8 Å². The summed E-state index contributed by atoms with van der Waals surface area (Å²) in [6.07, 6.45) is 0. The Morgan fingerprint density at radius 2 is 1.87 bits per heavy atom. The average Bonchev–Trinajstić information content (AvgIpc) is 3.07. The van der Waals surface area contributed by atoms with Gasteiger partial charge in [0.2, 0.25) is 0 Å². The number of benzene rings is 1. The van der Waals surface area contributed by atoms with Crippen molar-refractivity contribution >= 4 is 28.8 Å². The Balaban J connectivity index is 1.93. The lowest BCUT2D eigenvalue weighted by Gasteiger charge is -2.11. The summed E-state index contributed by atoms with van der Waals surface area (Å²) in [5.74, 6) is -6.79. The van der Waals surface area contributed by atoms with Crippen LogP contribution < -0.4 is 10.6 Å². The molecule has 4 nitrogen and oxygen atoms in total. The standard InChI is InChI=1S/C15H13F3N2O2S/c1-8(11-3-2-6-23-11)7-19-14(21)15(22)20-10-5-4-9(16)12(17)13(10)18/h2-6,8H,7H2,1H3,(H,19,21)(H,20,22)/t8-/m0/s1. The predicted octanol–water partition coefficient (Wildman–Crippen LogP) is 3.02. The molecule has 1 atom stereocenters. The Morgan fingerprint density at radius 1 is 1.13 bits per heavy atom. The van der Waals surface area contributed by atoms with E-state index in [2.05, 4.69) is 5.32 Å². The van der Waals surface area contributed by atoms with Crippen LogP contribution in [0.1, 0.15) is 17.7 Å². The van der Waals surface area contributed by atoms with Crippen molar-refractivity contribution in [3.8, 4) is 0 Å². The predicted molar refractivity (Wildman–Crippen MR) is 80.7 cm³/mol. The maximum atomic E-state index is 13.4. The second-order valence-electron chi connectivity index (χ2n) is 4.80. The monoisotopic (exact) mass is 342 g/mol. The molecule has 8 heteroatoms. The highest BCUT2D eigenvalue weighted by molar-refractivity contribution is 7.10. The van der Waals surface area contributed by atoms with E-state index < -0.39 is 35.0 Å². The highest BCUT2D eigenvalue weighted by Gasteiger charge is 2.19. The van der Waals surface area contributed by atoms with E-state index in [-0.39, 0.29) is 12.5 Å². The van der Waals surface area contributed by atoms with Crippen LogP contribution in [0.2, 0.25) is 0 Å². The van der Waals surface area contributed by atoms with Crippen molar-refractivity contribution in [2.45, 2.75) is 12.8 Å². The molecule has 0 bridgehead atoms. The topological polar surface area (TPSA) is 58.2 Å². The molecule has 122 valence electrons. The van der Waals surface area contributed by atoms with Crippen molar-refractivity contribution in [2.75, 3.05) is 11.9 Å². The molecule has 0 saturated heterocycles. The van der Waals surface area contributed by atoms with Gasteiger partial charge in [0.1, 0.15) is 0 Å². The number of hydrogen-bond acceptors (Lipinski definition) is 3. The number of anilines is 1. The lowest BCUT2D eigenvalue weighted by molar-refractivity contribution is -0.136. The fourth-order valence-corrected chi connectivity index (χ4v) is 2.59. The second kappa shape index (κ2) is 7.28. The van der Waals surface area contributed by atoms with E-state index in [9.17, 15) is 22.8 Å². The van der Waals surface area contributed by atoms with Crippen LogP contribution in [0.15, 0.2) is 29.6 Å².